The van der Waals surface area contributed by atoms with Crippen LogP contribution in [0.1, 0.15) is 71.7 Å². The molecule has 9 nitrogen and oxygen atoms in total. The van der Waals surface area contributed by atoms with Crippen molar-refractivity contribution < 1.29 is 24.0 Å². The molecule has 2 bridgehead atoms. The smallest absolute Gasteiger partial charge is 0.335 e. The van der Waals surface area contributed by atoms with Crippen LogP contribution in [0.3, 0.4) is 0 Å². The molecule has 1 saturated carbocycles. The minimum absolute atomic E-state index is 0.0432. The topological polar surface area (TPSA) is 118 Å². The number of fused-ring (bicyclic) bond motifs is 2. The predicted octanol–water partition coefficient (Wildman–Crippen LogP) is 5.36. The monoisotopic (exact) mass is 502 g/mol. The number of aromatic carboxylic acids is 1. The average Bonchev–Trinajstić information content (AvgIpc) is 3.59. The molecule has 3 fully saturated rings. The van der Waals surface area contributed by atoms with Crippen LogP contribution < -0.4 is 5.32 Å². The Morgan fingerprint density at radius 2 is 1.89 bits per heavy atom. The van der Waals surface area contributed by atoms with Crippen LogP contribution in [-0.4, -0.2) is 50.3 Å². The van der Waals surface area contributed by atoms with Crippen LogP contribution in [0.5, 0.6) is 0 Å². The van der Waals surface area contributed by atoms with Gasteiger partial charge in [-0.05, 0) is 63.1 Å². The Kier molecular flexibility index (Phi) is 6.16. The van der Waals surface area contributed by atoms with Gasteiger partial charge in [0.05, 0.1) is 18.3 Å². The molecule has 2 aliphatic heterocycles. The van der Waals surface area contributed by atoms with Crippen molar-refractivity contribution in [3.8, 4) is 11.3 Å². The number of carboxylic acids is 1. The first-order valence-electron chi connectivity index (χ1n) is 12.9. The van der Waals surface area contributed by atoms with Gasteiger partial charge in [-0.3, -0.25) is 5.32 Å². The quantitative estimate of drug-likeness (QED) is 0.446. The molecule has 0 spiro atoms. The summed E-state index contributed by atoms with van der Waals surface area (Å²) in [6.45, 7) is 2.53. The number of aryl methyl sites for hydroxylation is 1. The Hall–Kier alpha value is -3.72. The maximum absolute atomic E-state index is 13.1. The van der Waals surface area contributed by atoms with E-state index in [9.17, 15) is 14.7 Å². The van der Waals surface area contributed by atoms with E-state index in [0.717, 1.165) is 66.7 Å². The third-order valence-corrected chi connectivity index (χ3v) is 7.80. The molecule has 37 heavy (non-hydrogen) atoms. The standard InChI is InChI=1S/C28H30N4O5/c1-16-4-2-3-5-22(16)25-23(26(37-31-25)17-6-7-17)15-36-21-13-19-8-9-20(14-21)32(19)28(35)30-24-12-18(27(33)34)10-11-29-24/h2-5,10-12,17,19-21H,6-9,13-15H2,1H3,(H,33,34)(H,29,30,35). The molecule has 4 heterocycles. The number of carbonyl (C=O) groups is 2. The molecular formula is C28H30N4O5. The van der Waals surface area contributed by atoms with E-state index in [0.29, 0.717) is 12.5 Å². The van der Waals surface area contributed by atoms with E-state index in [1.54, 1.807) is 0 Å². The minimum Gasteiger partial charge on any atom is -0.478 e. The Labute approximate surface area is 214 Å². The third-order valence-electron chi connectivity index (χ3n) is 7.80. The molecule has 9 heteroatoms. The number of hydrogen-bond donors (Lipinski definition) is 2. The summed E-state index contributed by atoms with van der Waals surface area (Å²) in [5.41, 5.74) is 4.23. The molecule has 1 aliphatic carbocycles. The third kappa shape index (κ3) is 4.71. The summed E-state index contributed by atoms with van der Waals surface area (Å²) >= 11 is 0. The van der Waals surface area contributed by atoms with Crippen molar-refractivity contribution in [2.75, 3.05) is 5.32 Å². The first-order chi connectivity index (χ1) is 18.0. The largest absolute Gasteiger partial charge is 0.478 e. The van der Waals surface area contributed by atoms with Crippen molar-refractivity contribution in [1.82, 2.24) is 15.0 Å². The Morgan fingerprint density at radius 3 is 2.59 bits per heavy atom. The van der Waals surface area contributed by atoms with Crippen molar-refractivity contribution >= 4 is 17.8 Å². The summed E-state index contributed by atoms with van der Waals surface area (Å²) in [6, 6.07) is 10.9. The molecule has 192 valence electrons. The van der Waals surface area contributed by atoms with Gasteiger partial charge in [0.25, 0.3) is 0 Å². The molecular weight excluding hydrogens is 472 g/mol. The highest BCUT2D eigenvalue weighted by atomic mass is 16.5. The van der Waals surface area contributed by atoms with Crippen LogP contribution in [0.4, 0.5) is 10.6 Å². The number of piperidine rings is 1. The summed E-state index contributed by atoms with van der Waals surface area (Å²) in [5, 5.41) is 16.4. The number of urea groups is 1. The van der Waals surface area contributed by atoms with E-state index in [-0.39, 0.29) is 35.6 Å². The SMILES string of the molecule is Cc1ccccc1-c1noc(C2CC2)c1COC1CC2CCC(C1)N2C(=O)Nc1cc(C(=O)O)ccn1. The van der Waals surface area contributed by atoms with Gasteiger partial charge in [0.15, 0.2) is 0 Å². The second kappa shape index (κ2) is 9.63. The molecule has 0 radical (unpaired) electrons. The first kappa shape index (κ1) is 23.7. The van der Waals surface area contributed by atoms with Crippen molar-refractivity contribution in [3.63, 3.8) is 0 Å². The number of benzene rings is 1. The molecule has 2 amide bonds. The molecule has 2 atom stereocenters. The van der Waals surface area contributed by atoms with Gasteiger partial charge in [-0.25, -0.2) is 14.6 Å². The lowest BCUT2D eigenvalue weighted by Crippen LogP contribution is -2.50. The van der Waals surface area contributed by atoms with E-state index < -0.39 is 5.97 Å². The number of pyridine rings is 1. The molecule has 2 N–H and O–H groups in total. The number of carboxylic acid groups (broad SMARTS) is 1. The highest BCUT2D eigenvalue weighted by Crippen LogP contribution is 2.45. The lowest BCUT2D eigenvalue weighted by atomic mass is 9.99. The zero-order valence-corrected chi connectivity index (χ0v) is 20.7. The van der Waals surface area contributed by atoms with E-state index >= 15 is 0 Å². The summed E-state index contributed by atoms with van der Waals surface area (Å²) < 4.78 is 12.3. The summed E-state index contributed by atoms with van der Waals surface area (Å²) in [7, 11) is 0. The number of hydrogen-bond acceptors (Lipinski definition) is 6. The molecule has 2 unspecified atom stereocenters. The second-order valence-corrected chi connectivity index (χ2v) is 10.3. The zero-order valence-electron chi connectivity index (χ0n) is 20.7. The molecule has 2 saturated heterocycles. The fourth-order valence-corrected chi connectivity index (χ4v) is 5.78. The number of carbonyl (C=O) groups excluding carboxylic acids is 1. The minimum atomic E-state index is -1.06. The van der Waals surface area contributed by atoms with Crippen molar-refractivity contribution in [2.45, 2.75) is 76.2 Å². The van der Waals surface area contributed by atoms with E-state index in [1.165, 1.54) is 18.3 Å². The van der Waals surface area contributed by atoms with Crippen LogP contribution in [0.2, 0.25) is 0 Å². The normalized spacial score (nSPS) is 22.7. The van der Waals surface area contributed by atoms with Crippen LogP contribution >= 0.6 is 0 Å². The predicted molar refractivity (Wildman–Crippen MR) is 135 cm³/mol. The van der Waals surface area contributed by atoms with Gasteiger partial charge < -0.3 is 19.3 Å². The molecule has 6 rings (SSSR count). The number of rotatable bonds is 7. The maximum Gasteiger partial charge on any atom is 0.335 e. The molecule has 2 aromatic heterocycles. The van der Waals surface area contributed by atoms with Gasteiger partial charge in [0.2, 0.25) is 0 Å². The molecule has 1 aromatic carbocycles. The van der Waals surface area contributed by atoms with Crippen molar-refractivity contribution in [2.24, 2.45) is 0 Å². The average molecular weight is 503 g/mol. The highest BCUT2D eigenvalue weighted by Gasteiger charge is 2.44. The summed E-state index contributed by atoms with van der Waals surface area (Å²) in [6.07, 6.45) is 7.05. The van der Waals surface area contributed by atoms with Gasteiger partial charge in [0.1, 0.15) is 17.3 Å². The number of amides is 2. The van der Waals surface area contributed by atoms with E-state index in [1.807, 2.05) is 17.0 Å². The second-order valence-electron chi connectivity index (χ2n) is 10.3. The molecule has 3 aliphatic rings. The Balaban J connectivity index is 1.13. The van der Waals surface area contributed by atoms with Crippen LogP contribution in [0, 0.1) is 6.92 Å². The van der Waals surface area contributed by atoms with Crippen LogP contribution in [0.25, 0.3) is 11.3 Å². The summed E-state index contributed by atoms with van der Waals surface area (Å²) in [4.78, 5) is 30.3. The Morgan fingerprint density at radius 1 is 1.14 bits per heavy atom. The highest BCUT2D eigenvalue weighted by molar-refractivity contribution is 5.92. The number of anilines is 1. The first-order valence-corrected chi connectivity index (χ1v) is 12.9. The lowest BCUT2D eigenvalue weighted by Gasteiger charge is -2.38. The summed E-state index contributed by atoms with van der Waals surface area (Å²) in [5.74, 6) is 0.568. The lowest BCUT2D eigenvalue weighted by molar-refractivity contribution is -0.0158. The van der Waals surface area contributed by atoms with E-state index in [2.05, 4.69) is 34.5 Å². The van der Waals surface area contributed by atoms with Gasteiger partial charge in [-0.15, -0.1) is 0 Å². The fourth-order valence-electron chi connectivity index (χ4n) is 5.78. The number of ether oxygens (including phenoxy) is 1. The fraction of sp³-hybridized carbons (Fsp3) is 0.429. The number of nitrogens with zero attached hydrogens (tertiary/aromatic N) is 3. The van der Waals surface area contributed by atoms with Crippen LogP contribution in [0.15, 0.2) is 47.1 Å². The van der Waals surface area contributed by atoms with Crippen molar-refractivity contribution in [1.29, 1.82) is 0 Å². The van der Waals surface area contributed by atoms with Gasteiger partial charge in [-0.1, -0.05) is 29.4 Å². The zero-order chi connectivity index (χ0) is 25.5. The van der Waals surface area contributed by atoms with Crippen LogP contribution in [-0.2, 0) is 11.3 Å². The Bertz CT molecular complexity index is 1320. The van der Waals surface area contributed by atoms with Gasteiger partial charge in [0, 0.05) is 35.3 Å². The van der Waals surface area contributed by atoms with Crippen molar-refractivity contribution in [3.05, 3.63) is 65.0 Å². The number of nitrogens with one attached hydrogen (secondary N) is 1. The maximum atomic E-state index is 13.1. The van der Waals surface area contributed by atoms with E-state index in [4.69, 9.17) is 9.26 Å². The van der Waals surface area contributed by atoms with Gasteiger partial charge >= 0.3 is 12.0 Å². The number of aromatic nitrogens is 2. The molecule has 3 aromatic rings. The van der Waals surface area contributed by atoms with Gasteiger partial charge in [-0.2, -0.15) is 0 Å².